The first-order valence-corrected chi connectivity index (χ1v) is 26.6. The first-order chi connectivity index (χ1) is 41.4. The number of nitrogens with zero attached hydrogens (tertiary/aromatic N) is 19. The van der Waals surface area contributed by atoms with Crippen LogP contribution in [0, 0.1) is 0 Å². The van der Waals surface area contributed by atoms with Gasteiger partial charge in [0.2, 0.25) is 30.0 Å². The summed E-state index contributed by atoms with van der Waals surface area (Å²) in [7, 11) is 0. The average molecular weight is 1110 g/mol. The second-order valence-corrected chi connectivity index (χ2v) is 18.9. The number of pyridine rings is 6. The third kappa shape index (κ3) is 12.8. The largest absolute Gasteiger partial charge is 0.506 e. The highest BCUT2D eigenvalue weighted by Gasteiger charge is 2.30. The molecule has 12 aromatic rings. The van der Waals surface area contributed by atoms with Gasteiger partial charge < -0.3 is 25.4 Å². The lowest BCUT2D eigenvalue weighted by Crippen LogP contribution is -2.34. The van der Waals surface area contributed by atoms with Crippen molar-refractivity contribution in [2.45, 2.75) is 39.0 Å². The van der Waals surface area contributed by atoms with Gasteiger partial charge in [0, 0.05) is 48.0 Å². The number of ether oxygens (including phenoxy) is 1. The molecule has 4 aromatic carbocycles. The Morgan fingerprint density at radius 2 is 0.821 bits per heavy atom. The molecule has 0 saturated heterocycles. The van der Waals surface area contributed by atoms with Gasteiger partial charge in [-0.1, -0.05) is 97.1 Å². The van der Waals surface area contributed by atoms with E-state index in [9.17, 15) is 5.11 Å². The molecular formula is C62H50N20O2. The first kappa shape index (κ1) is 53.0. The summed E-state index contributed by atoms with van der Waals surface area (Å²) in [4.78, 5) is 62.9. The second kappa shape index (κ2) is 25.2. The van der Waals surface area contributed by atoms with Crippen molar-refractivity contribution >= 4 is 68.6 Å². The highest BCUT2D eigenvalue weighted by Crippen LogP contribution is 2.41. The van der Waals surface area contributed by atoms with Crippen LogP contribution in [-0.4, -0.2) is 64.9 Å². The molecular weight excluding hydrogens is 1060 g/mol. The Morgan fingerprint density at radius 3 is 1.32 bits per heavy atom. The number of rotatable bonds is 21. The molecule has 0 bridgehead atoms. The lowest BCUT2D eigenvalue weighted by atomic mass is 10.1. The standard InChI is InChI=1S/C62H50N20O2/c63-57-70-58(78-76-54-49-24-3-1-17-42(49)27-29-52(54)83)74-62(71-57)82(41-48-23-9-15-35-68-48)56(51-26-10-16-36-69-51)84-53-30-28-43-18-2-4-25-50(43)55(53)77-79-59-72-60(80(37-44-19-5-11-31-64-44)38-45-20-6-12-32-65-45)75-61(73-59)81(39-46-21-7-13-33-66-46)40-47-22-8-14-34-67-47/h1-36,56,83H,37-41H2,(H2,63,70,71,74)/b78-76+,79-77+. The van der Waals surface area contributed by atoms with E-state index in [1.165, 1.54) is 0 Å². The number of fused-ring (bicyclic) bond motifs is 2. The quantitative estimate of drug-likeness (QED) is 0.0500. The van der Waals surface area contributed by atoms with E-state index in [4.69, 9.17) is 45.6 Å². The van der Waals surface area contributed by atoms with Gasteiger partial charge in [-0.15, -0.1) is 20.5 Å². The maximum absolute atomic E-state index is 10.9. The van der Waals surface area contributed by atoms with Gasteiger partial charge in [0.25, 0.3) is 11.9 Å². The van der Waals surface area contributed by atoms with Gasteiger partial charge in [0.15, 0.2) is 5.75 Å². The number of phenols is 1. The van der Waals surface area contributed by atoms with Crippen molar-refractivity contribution in [1.29, 1.82) is 0 Å². The summed E-state index contributed by atoms with van der Waals surface area (Å²) in [6.45, 7) is 1.33. The van der Waals surface area contributed by atoms with Gasteiger partial charge in [0.1, 0.15) is 22.8 Å². The van der Waals surface area contributed by atoms with E-state index in [2.05, 4.69) is 45.1 Å². The molecule has 0 amide bonds. The van der Waals surface area contributed by atoms with Gasteiger partial charge in [0.05, 0.1) is 61.2 Å². The second-order valence-electron chi connectivity index (χ2n) is 18.9. The van der Waals surface area contributed by atoms with E-state index in [0.717, 1.165) is 33.5 Å². The maximum atomic E-state index is 10.9. The zero-order valence-electron chi connectivity index (χ0n) is 44.8. The van der Waals surface area contributed by atoms with Crippen molar-refractivity contribution in [3.05, 3.63) is 253 Å². The van der Waals surface area contributed by atoms with Crippen LogP contribution in [0.25, 0.3) is 21.5 Å². The normalized spacial score (nSPS) is 11.8. The molecule has 22 nitrogen and oxygen atoms in total. The minimum atomic E-state index is -1.11. The smallest absolute Gasteiger partial charge is 0.275 e. The SMILES string of the molecule is Nc1nc(/N=N/c2c(O)ccc3ccccc23)nc(N(Cc2ccccn2)C(Oc2ccc3ccccc3c2/N=N/c2nc(N(Cc3ccccn3)Cc3ccccn3)nc(N(Cc3ccccn3)Cc3ccccn3)n2)c2ccccn2)n1. The van der Waals surface area contributed by atoms with Crippen molar-refractivity contribution in [2.24, 2.45) is 20.5 Å². The van der Waals surface area contributed by atoms with E-state index in [1.54, 1.807) is 60.3 Å². The molecule has 22 heteroatoms. The van der Waals surface area contributed by atoms with Crippen LogP contribution < -0.4 is 25.2 Å². The third-order valence-corrected chi connectivity index (χ3v) is 13.1. The Morgan fingerprint density at radius 1 is 0.393 bits per heavy atom. The average Bonchev–Trinajstić information content (AvgIpc) is 3.67. The summed E-state index contributed by atoms with van der Waals surface area (Å²) in [5, 5.41) is 32.7. The zero-order chi connectivity index (χ0) is 56.9. The van der Waals surface area contributed by atoms with Crippen LogP contribution in [0.4, 0.5) is 47.1 Å². The number of azo groups is 2. The van der Waals surface area contributed by atoms with Crippen molar-refractivity contribution in [3.8, 4) is 11.5 Å². The van der Waals surface area contributed by atoms with E-state index >= 15 is 0 Å². The maximum Gasteiger partial charge on any atom is 0.275 e. The van der Waals surface area contributed by atoms with Crippen molar-refractivity contribution < 1.29 is 9.84 Å². The highest BCUT2D eigenvalue weighted by atomic mass is 16.5. The summed E-state index contributed by atoms with van der Waals surface area (Å²) in [6, 6.07) is 56.4. The first-order valence-electron chi connectivity index (χ1n) is 26.6. The zero-order valence-corrected chi connectivity index (χ0v) is 44.8. The van der Waals surface area contributed by atoms with Crippen LogP contribution in [0.1, 0.15) is 40.4 Å². The van der Waals surface area contributed by atoms with Gasteiger partial charge in [-0.3, -0.25) is 34.8 Å². The predicted octanol–water partition coefficient (Wildman–Crippen LogP) is 12.0. The molecule has 0 radical (unpaired) electrons. The Bertz CT molecular complexity index is 4030. The number of hydrogen-bond acceptors (Lipinski definition) is 22. The predicted molar refractivity (Wildman–Crippen MR) is 317 cm³/mol. The monoisotopic (exact) mass is 1110 g/mol. The van der Waals surface area contributed by atoms with Crippen molar-refractivity contribution in [1.82, 2.24) is 59.8 Å². The van der Waals surface area contributed by atoms with Crippen LogP contribution >= 0.6 is 0 Å². The Hall–Kier alpha value is -11.7. The molecule has 410 valence electrons. The lowest BCUT2D eigenvalue weighted by molar-refractivity contribution is 0.191. The molecule has 0 fully saturated rings. The van der Waals surface area contributed by atoms with Crippen LogP contribution in [0.5, 0.6) is 11.5 Å². The fourth-order valence-electron chi connectivity index (χ4n) is 9.18. The number of benzene rings is 4. The minimum absolute atomic E-state index is 0.00908. The molecule has 1 unspecified atom stereocenters. The minimum Gasteiger partial charge on any atom is -0.506 e. The highest BCUT2D eigenvalue weighted by molar-refractivity contribution is 5.96. The number of phenolic OH excluding ortho intramolecular Hbond substituents is 1. The van der Waals surface area contributed by atoms with Gasteiger partial charge in [-0.2, -0.15) is 29.9 Å². The molecule has 0 aliphatic carbocycles. The molecule has 1 atom stereocenters. The van der Waals surface area contributed by atoms with Crippen LogP contribution in [0.3, 0.4) is 0 Å². The summed E-state index contributed by atoms with van der Waals surface area (Å²) < 4.78 is 7.24. The topological polar surface area (TPSA) is 269 Å². The van der Waals surface area contributed by atoms with E-state index in [0.29, 0.717) is 59.8 Å². The number of nitrogen functional groups attached to an aromatic ring is 1. The number of hydrogen-bond donors (Lipinski definition) is 2. The van der Waals surface area contributed by atoms with Gasteiger partial charge >= 0.3 is 0 Å². The van der Waals surface area contributed by atoms with E-state index < -0.39 is 6.23 Å². The number of aromatic nitrogens is 12. The summed E-state index contributed by atoms with van der Waals surface area (Å²) in [6.07, 6.45) is 9.24. The molecule has 8 heterocycles. The fraction of sp³-hybridized carbons (Fsp3) is 0.0968. The summed E-state index contributed by atoms with van der Waals surface area (Å²) in [5.41, 5.74) is 11.2. The Balaban J connectivity index is 0.985. The molecule has 84 heavy (non-hydrogen) atoms. The summed E-state index contributed by atoms with van der Waals surface area (Å²) >= 11 is 0. The number of nitrogens with two attached hydrogens (primary N) is 1. The molecule has 8 aromatic heterocycles. The number of aromatic hydroxyl groups is 1. The molecule has 0 aliphatic rings. The third-order valence-electron chi connectivity index (χ3n) is 13.1. The van der Waals surface area contributed by atoms with Gasteiger partial charge in [-0.05, 0) is 95.7 Å². The molecule has 0 saturated carbocycles. The molecule has 0 aliphatic heterocycles. The van der Waals surface area contributed by atoms with Crippen LogP contribution in [-0.2, 0) is 32.7 Å². The fourth-order valence-corrected chi connectivity index (χ4v) is 9.18. The molecule has 12 rings (SSSR count). The van der Waals surface area contributed by atoms with Crippen LogP contribution in [0.2, 0.25) is 0 Å². The molecule has 0 spiro atoms. The van der Waals surface area contributed by atoms with Crippen molar-refractivity contribution in [2.75, 3.05) is 20.4 Å². The van der Waals surface area contributed by atoms with Crippen molar-refractivity contribution in [3.63, 3.8) is 0 Å². The number of anilines is 4. The van der Waals surface area contributed by atoms with E-state index in [-0.39, 0.29) is 53.7 Å². The Kier molecular flexibility index (Phi) is 15.9. The lowest BCUT2D eigenvalue weighted by Gasteiger charge is -2.31. The summed E-state index contributed by atoms with van der Waals surface area (Å²) in [5.74, 6) is 0.543. The Labute approximate surface area is 481 Å². The molecule has 3 N–H and O–H groups in total. The van der Waals surface area contributed by atoms with Gasteiger partial charge in [-0.25, -0.2) is 0 Å². The van der Waals surface area contributed by atoms with Crippen LogP contribution in [0.15, 0.2) is 240 Å². The van der Waals surface area contributed by atoms with E-state index in [1.807, 2.05) is 174 Å².